The van der Waals surface area contributed by atoms with E-state index in [1.807, 2.05) is 30.5 Å². The summed E-state index contributed by atoms with van der Waals surface area (Å²) in [5.74, 6) is 0. The highest BCUT2D eigenvalue weighted by molar-refractivity contribution is 8.31. The molecule has 0 aliphatic carbocycles. The van der Waals surface area contributed by atoms with Crippen molar-refractivity contribution < 1.29 is 4.55 Å². The summed E-state index contributed by atoms with van der Waals surface area (Å²) in [4.78, 5) is 1.04. The molecule has 0 aliphatic heterocycles. The topological polar surface area (TPSA) is 46.2 Å². The van der Waals surface area contributed by atoms with Crippen LogP contribution in [0.25, 0.3) is 0 Å². The number of anilines is 1. The standard InChI is InChI=1S/C11H20NOPS/c1-4-14(2)9-15(3,13)11-7-5-10(12)6-8-11/h5-8,13H,4,9,12H2,1-3H3. The van der Waals surface area contributed by atoms with Gasteiger partial charge in [0.05, 0.1) is 0 Å². The van der Waals surface area contributed by atoms with Crippen LogP contribution in [-0.4, -0.2) is 29.1 Å². The third-order valence-electron chi connectivity index (χ3n) is 2.40. The Morgan fingerprint density at radius 2 is 1.87 bits per heavy atom. The second-order valence-corrected chi connectivity index (χ2v) is 9.84. The molecule has 1 aromatic carbocycles. The summed E-state index contributed by atoms with van der Waals surface area (Å²) >= 11 is 0. The fraction of sp³-hybridized carbons (Fsp3) is 0.455. The lowest BCUT2D eigenvalue weighted by Crippen LogP contribution is -2.02. The lowest BCUT2D eigenvalue weighted by molar-refractivity contribution is 0.635. The second-order valence-electron chi connectivity index (χ2n) is 3.91. The average molecular weight is 245 g/mol. The second kappa shape index (κ2) is 5.20. The van der Waals surface area contributed by atoms with Gasteiger partial charge in [0.25, 0.3) is 0 Å². The molecule has 1 aromatic rings. The largest absolute Gasteiger partial charge is 0.399 e. The molecule has 2 atom stereocenters. The van der Waals surface area contributed by atoms with Gasteiger partial charge in [-0.3, -0.25) is 0 Å². The molecule has 0 aliphatic rings. The van der Waals surface area contributed by atoms with E-state index in [4.69, 9.17) is 5.73 Å². The molecule has 0 bridgehead atoms. The lowest BCUT2D eigenvalue weighted by Gasteiger charge is -2.32. The van der Waals surface area contributed by atoms with Gasteiger partial charge in [-0.15, -0.1) is 10.3 Å². The molecular weight excluding hydrogens is 225 g/mol. The van der Waals surface area contributed by atoms with Crippen LogP contribution < -0.4 is 5.73 Å². The van der Waals surface area contributed by atoms with Crippen molar-refractivity contribution >= 4 is 23.9 Å². The first-order valence-corrected chi connectivity index (χ1v) is 9.31. The van der Waals surface area contributed by atoms with Crippen LogP contribution >= 0.6 is 18.2 Å². The minimum Gasteiger partial charge on any atom is -0.399 e. The first-order valence-electron chi connectivity index (χ1n) is 4.98. The number of hydrogen-bond acceptors (Lipinski definition) is 2. The Bertz CT molecular complexity index is 313. The first-order chi connectivity index (χ1) is 6.95. The van der Waals surface area contributed by atoms with E-state index in [0.29, 0.717) is 0 Å². The molecule has 3 N–H and O–H groups in total. The predicted molar refractivity (Wildman–Crippen MR) is 73.5 cm³/mol. The Balaban J connectivity index is 2.80. The Hall–Kier alpha value is -0.240. The van der Waals surface area contributed by atoms with Gasteiger partial charge < -0.3 is 10.3 Å². The Morgan fingerprint density at radius 3 is 2.33 bits per heavy atom. The van der Waals surface area contributed by atoms with Crippen molar-refractivity contribution in [2.24, 2.45) is 0 Å². The SMILES string of the molecule is CCP(C)CS(C)(O)c1ccc(N)cc1. The Labute approximate surface area is 95.2 Å². The fourth-order valence-electron chi connectivity index (χ4n) is 1.36. The average Bonchev–Trinajstić information content (AvgIpc) is 2.17. The highest BCUT2D eigenvalue weighted by atomic mass is 32.3. The summed E-state index contributed by atoms with van der Waals surface area (Å²) in [5.41, 5.74) is 7.32. The van der Waals surface area contributed by atoms with Gasteiger partial charge >= 0.3 is 0 Å². The van der Waals surface area contributed by atoms with Crippen LogP contribution in [0.5, 0.6) is 0 Å². The maximum atomic E-state index is 10.4. The summed E-state index contributed by atoms with van der Waals surface area (Å²) in [7, 11) is -1.66. The van der Waals surface area contributed by atoms with Gasteiger partial charge in [0.15, 0.2) is 0 Å². The van der Waals surface area contributed by atoms with Gasteiger partial charge in [0.2, 0.25) is 0 Å². The van der Waals surface area contributed by atoms with E-state index in [2.05, 4.69) is 13.6 Å². The zero-order chi connectivity index (χ0) is 11.5. The molecule has 0 heterocycles. The fourth-order valence-corrected chi connectivity index (χ4v) is 6.84. The maximum absolute atomic E-state index is 10.4. The van der Waals surface area contributed by atoms with Crippen molar-refractivity contribution in [3.8, 4) is 0 Å². The number of hydrogen-bond donors (Lipinski definition) is 2. The molecule has 1 rings (SSSR count). The molecule has 2 nitrogen and oxygen atoms in total. The van der Waals surface area contributed by atoms with Crippen molar-refractivity contribution in [2.75, 3.05) is 30.3 Å². The van der Waals surface area contributed by atoms with E-state index in [1.165, 1.54) is 6.16 Å². The van der Waals surface area contributed by atoms with Gasteiger partial charge in [-0.2, -0.15) is 0 Å². The van der Waals surface area contributed by atoms with E-state index in [0.717, 1.165) is 16.1 Å². The molecule has 0 aromatic heterocycles. The van der Waals surface area contributed by atoms with Crippen molar-refractivity contribution in [3.05, 3.63) is 24.3 Å². The van der Waals surface area contributed by atoms with E-state index >= 15 is 0 Å². The van der Waals surface area contributed by atoms with E-state index in [9.17, 15) is 4.55 Å². The van der Waals surface area contributed by atoms with Crippen LogP contribution in [-0.2, 0) is 0 Å². The van der Waals surface area contributed by atoms with Crippen LogP contribution in [0.1, 0.15) is 6.92 Å². The van der Waals surface area contributed by atoms with Crippen molar-refractivity contribution in [2.45, 2.75) is 11.8 Å². The number of nitrogen functional groups attached to an aromatic ring is 1. The molecule has 86 valence electrons. The van der Waals surface area contributed by atoms with E-state index < -0.39 is 10.3 Å². The highest BCUT2D eigenvalue weighted by Crippen LogP contribution is 2.56. The van der Waals surface area contributed by atoms with Crippen molar-refractivity contribution in [3.63, 3.8) is 0 Å². The summed E-state index contributed by atoms with van der Waals surface area (Å²) in [6.07, 6.45) is 3.14. The van der Waals surface area contributed by atoms with Gasteiger partial charge in [-0.25, -0.2) is 0 Å². The van der Waals surface area contributed by atoms with Gasteiger partial charge in [-0.1, -0.05) is 14.8 Å². The van der Waals surface area contributed by atoms with E-state index in [1.54, 1.807) is 0 Å². The molecule has 0 spiro atoms. The van der Waals surface area contributed by atoms with Crippen LogP contribution in [0.3, 0.4) is 0 Å². The van der Waals surface area contributed by atoms with Crippen molar-refractivity contribution in [1.82, 2.24) is 0 Å². The summed E-state index contributed by atoms with van der Waals surface area (Å²) in [6.45, 7) is 4.43. The van der Waals surface area contributed by atoms with Crippen LogP contribution in [0, 0.1) is 0 Å². The number of benzene rings is 1. The van der Waals surface area contributed by atoms with Crippen LogP contribution in [0.2, 0.25) is 0 Å². The van der Waals surface area contributed by atoms with Crippen molar-refractivity contribution in [1.29, 1.82) is 0 Å². The van der Waals surface area contributed by atoms with Crippen LogP contribution in [0.15, 0.2) is 29.2 Å². The molecule has 0 fully saturated rings. The lowest BCUT2D eigenvalue weighted by atomic mass is 10.3. The molecule has 0 saturated carbocycles. The number of rotatable bonds is 4. The van der Waals surface area contributed by atoms with Crippen LogP contribution in [0.4, 0.5) is 5.69 Å². The molecule has 0 saturated heterocycles. The summed E-state index contributed by atoms with van der Waals surface area (Å²) < 4.78 is 10.4. The van der Waals surface area contributed by atoms with Gasteiger partial charge in [0, 0.05) is 16.1 Å². The molecular formula is C11H20NOPS. The predicted octanol–water partition coefficient (Wildman–Crippen LogP) is 3.62. The van der Waals surface area contributed by atoms with Gasteiger partial charge in [0.1, 0.15) is 0 Å². The quantitative estimate of drug-likeness (QED) is 0.628. The van der Waals surface area contributed by atoms with Gasteiger partial charge in [-0.05, 0) is 43.3 Å². The Morgan fingerprint density at radius 1 is 1.33 bits per heavy atom. The summed E-state index contributed by atoms with van der Waals surface area (Å²) in [5, 5.41) is 0. The third-order valence-corrected chi connectivity index (χ3v) is 8.54. The molecule has 2 unspecified atom stereocenters. The molecule has 0 amide bonds. The zero-order valence-corrected chi connectivity index (χ0v) is 11.3. The van der Waals surface area contributed by atoms with E-state index in [-0.39, 0.29) is 7.92 Å². The third kappa shape index (κ3) is 3.67. The highest BCUT2D eigenvalue weighted by Gasteiger charge is 2.19. The normalized spacial score (nSPS) is 19.2. The zero-order valence-electron chi connectivity index (χ0n) is 9.60. The smallest absolute Gasteiger partial charge is 0.0314 e. The minimum atomic E-state index is -1.62. The minimum absolute atomic E-state index is 0.0419. The molecule has 0 radical (unpaired) electrons. The monoisotopic (exact) mass is 245 g/mol. The number of nitrogens with two attached hydrogens (primary N) is 1. The first kappa shape index (κ1) is 12.8. The molecule has 4 heteroatoms. The maximum Gasteiger partial charge on any atom is 0.0314 e. The Kier molecular flexibility index (Phi) is 4.45. The molecule has 15 heavy (non-hydrogen) atoms. The summed E-state index contributed by atoms with van der Waals surface area (Å²) in [6, 6.07) is 7.62.